The number of Topliss-reactive ketones (excluding diaryl/α,β-unsaturated/α-hetero) is 1. The van der Waals surface area contributed by atoms with Crippen molar-refractivity contribution >= 4 is 11.7 Å². The zero-order valence-electron chi connectivity index (χ0n) is 14.5. The summed E-state index contributed by atoms with van der Waals surface area (Å²) in [6, 6.07) is 12.0. The van der Waals surface area contributed by atoms with E-state index in [9.17, 15) is 9.59 Å². The fraction of sp³-hybridized carbons (Fsp3) is 0.158. The van der Waals surface area contributed by atoms with Crippen LogP contribution in [0, 0.1) is 0 Å². The van der Waals surface area contributed by atoms with Crippen LogP contribution in [0.1, 0.15) is 10.4 Å². The van der Waals surface area contributed by atoms with Crippen LogP contribution >= 0.6 is 0 Å². The van der Waals surface area contributed by atoms with E-state index in [1.165, 1.54) is 17.7 Å². The Labute approximate surface area is 150 Å². The van der Waals surface area contributed by atoms with Gasteiger partial charge in [0.2, 0.25) is 5.95 Å². The molecule has 132 valence electrons. The van der Waals surface area contributed by atoms with Gasteiger partial charge >= 0.3 is 0 Å². The van der Waals surface area contributed by atoms with Crippen LogP contribution in [0.4, 0.5) is 5.95 Å². The third kappa shape index (κ3) is 3.61. The fourth-order valence-corrected chi connectivity index (χ4v) is 2.50. The molecule has 0 atom stereocenters. The Morgan fingerprint density at radius 1 is 1.19 bits per heavy atom. The zero-order valence-corrected chi connectivity index (χ0v) is 14.5. The minimum atomic E-state index is -0.223. The third-order valence-corrected chi connectivity index (χ3v) is 3.93. The molecule has 0 aliphatic carbocycles. The second kappa shape index (κ2) is 7.60. The van der Waals surface area contributed by atoms with Gasteiger partial charge in [-0.3, -0.25) is 19.1 Å². The molecule has 0 saturated carbocycles. The lowest BCUT2D eigenvalue weighted by atomic mass is 10.1. The van der Waals surface area contributed by atoms with E-state index in [0.29, 0.717) is 23.0 Å². The lowest BCUT2D eigenvalue weighted by Gasteiger charge is -2.12. The Morgan fingerprint density at radius 3 is 2.65 bits per heavy atom. The SMILES string of the molecule is COc1ccccc1C(=O)CNc1nc(-c2ccncc2)cc(=O)n1C. The first-order chi connectivity index (χ1) is 12.6. The second-order valence-electron chi connectivity index (χ2n) is 5.58. The smallest absolute Gasteiger partial charge is 0.255 e. The number of methoxy groups -OCH3 is 1. The molecule has 26 heavy (non-hydrogen) atoms. The largest absolute Gasteiger partial charge is 0.496 e. The van der Waals surface area contributed by atoms with Crippen molar-refractivity contribution in [2.24, 2.45) is 7.05 Å². The first-order valence-electron chi connectivity index (χ1n) is 7.98. The number of para-hydroxylation sites is 1. The Balaban J connectivity index is 1.85. The van der Waals surface area contributed by atoms with Crippen LogP contribution in [-0.2, 0) is 7.05 Å². The van der Waals surface area contributed by atoms with Crippen molar-refractivity contribution in [1.82, 2.24) is 14.5 Å². The van der Waals surface area contributed by atoms with E-state index < -0.39 is 0 Å². The summed E-state index contributed by atoms with van der Waals surface area (Å²) in [5, 5.41) is 2.94. The first-order valence-corrected chi connectivity index (χ1v) is 7.98. The van der Waals surface area contributed by atoms with Crippen LogP contribution in [0.2, 0.25) is 0 Å². The van der Waals surface area contributed by atoms with Crippen molar-refractivity contribution in [2.45, 2.75) is 0 Å². The molecular formula is C19H18N4O3. The van der Waals surface area contributed by atoms with Gasteiger partial charge in [-0.2, -0.15) is 0 Å². The Bertz CT molecular complexity index is 984. The summed E-state index contributed by atoms with van der Waals surface area (Å²) in [4.78, 5) is 33.1. The van der Waals surface area contributed by atoms with Gasteiger partial charge < -0.3 is 10.1 Å². The van der Waals surface area contributed by atoms with Gasteiger partial charge in [-0.05, 0) is 24.3 Å². The van der Waals surface area contributed by atoms with E-state index in [2.05, 4.69) is 15.3 Å². The van der Waals surface area contributed by atoms with Gasteiger partial charge in [0.1, 0.15) is 5.75 Å². The maximum absolute atomic E-state index is 12.5. The van der Waals surface area contributed by atoms with Gasteiger partial charge in [-0.25, -0.2) is 4.98 Å². The quantitative estimate of drug-likeness (QED) is 0.686. The van der Waals surface area contributed by atoms with Gasteiger partial charge in [0.25, 0.3) is 5.56 Å². The van der Waals surface area contributed by atoms with Crippen molar-refractivity contribution in [3.8, 4) is 17.0 Å². The standard InChI is InChI=1S/C19H18N4O3/c1-23-18(25)11-15(13-7-9-20-10-8-13)22-19(23)21-12-16(24)14-5-3-4-6-17(14)26-2/h3-11H,12H2,1-2H3,(H,21,22). The van der Waals surface area contributed by atoms with Gasteiger partial charge in [0.15, 0.2) is 5.78 Å². The number of pyridine rings is 1. The molecule has 7 nitrogen and oxygen atoms in total. The number of hydrogen-bond donors (Lipinski definition) is 1. The van der Waals surface area contributed by atoms with Crippen molar-refractivity contribution < 1.29 is 9.53 Å². The number of rotatable bonds is 6. The normalized spacial score (nSPS) is 10.4. The number of carbonyl (C=O) groups is 1. The highest BCUT2D eigenvalue weighted by molar-refractivity contribution is 6.01. The fourth-order valence-electron chi connectivity index (χ4n) is 2.50. The molecule has 2 aromatic heterocycles. The minimum absolute atomic E-state index is 0.0134. The molecule has 7 heteroatoms. The summed E-state index contributed by atoms with van der Waals surface area (Å²) in [6.07, 6.45) is 3.26. The lowest BCUT2D eigenvalue weighted by molar-refractivity contribution is 0.100. The van der Waals surface area contributed by atoms with Crippen LogP contribution in [0.25, 0.3) is 11.3 Å². The topological polar surface area (TPSA) is 86.1 Å². The number of benzene rings is 1. The van der Waals surface area contributed by atoms with E-state index in [1.54, 1.807) is 55.8 Å². The van der Waals surface area contributed by atoms with E-state index in [4.69, 9.17) is 4.74 Å². The van der Waals surface area contributed by atoms with Crippen molar-refractivity contribution in [1.29, 1.82) is 0 Å². The summed E-state index contributed by atoms with van der Waals surface area (Å²) in [5.74, 6) is 0.658. The molecular weight excluding hydrogens is 332 g/mol. The minimum Gasteiger partial charge on any atom is -0.496 e. The number of carbonyl (C=O) groups excluding carboxylic acids is 1. The molecule has 3 aromatic rings. The number of nitrogens with one attached hydrogen (secondary N) is 1. The number of hydrogen-bond acceptors (Lipinski definition) is 6. The second-order valence-corrected chi connectivity index (χ2v) is 5.58. The number of nitrogens with zero attached hydrogens (tertiary/aromatic N) is 3. The molecule has 0 aliphatic heterocycles. The molecule has 0 bridgehead atoms. The monoisotopic (exact) mass is 350 g/mol. The molecule has 0 unspecified atom stereocenters. The summed E-state index contributed by atoms with van der Waals surface area (Å²) < 4.78 is 6.57. The van der Waals surface area contributed by atoms with E-state index in [1.807, 2.05) is 0 Å². The summed E-state index contributed by atoms with van der Waals surface area (Å²) in [5.41, 5.74) is 1.54. The molecule has 2 heterocycles. The van der Waals surface area contributed by atoms with Gasteiger partial charge in [-0.15, -0.1) is 0 Å². The van der Waals surface area contributed by atoms with Gasteiger partial charge in [0, 0.05) is 31.1 Å². The summed E-state index contributed by atoms with van der Waals surface area (Å²) >= 11 is 0. The van der Waals surface area contributed by atoms with Crippen molar-refractivity contribution in [3.63, 3.8) is 0 Å². The highest BCUT2D eigenvalue weighted by atomic mass is 16.5. The maximum atomic E-state index is 12.5. The molecule has 1 N–H and O–H groups in total. The van der Waals surface area contributed by atoms with Crippen LogP contribution < -0.4 is 15.6 Å². The molecule has 0 fully saturated rings. The third-order valence-electron chi connectivity index (χ3n) is 3.93. The molecule has 1 aromatic carbocycles. The molecule has 0 spiro atoms. The Kier molecular flexibility index (Phi) is 5.07. The number of ether oxygens (including phenoxy) is 1. The summed E-state index contributed by atoms with van der Waals surface area (Å²) in [6.45, 7) is -0.0134. The predicted octanol–water partition coefficient (Wildman–Crippen LogP) is 2.15. The highest BCUT2D eigenvalue weighted by Gasteiger charge is 2.13. The number of aromatic nitrogens is 3. The van der Waals surface area contributed by atoms with Crippen molar-refractivity contribution in [2.75, 3.05) is 19.0 Å². The summed E-state index contributed by atoms with van der Waals surface area (Å²) in [7, 11) is 3.12. The van der Waals surface area contributed by atoms with Gasteiger partial charge in [0.05, 0.1) is 24.9 Å². The van der Waals surface area contributed by atoms with E-state index in [0.717, 1.165) is 5.56 Å². The lowest BCUT2D eigenvalue weighted by Crippen LogP contribution is -2.24. The zero-order chi connectivity index (χ0) is 18.5. The molecule has 3 rings (SSSR count). The number of anilines is 1. The average molecular weight is 350 g/mol. The van der Waals surface area contributed by atoms with E-state index in [-0.39, 0.29) is 17.9 Å². The Hall–Kier alpha value is -3.48. The maximum Gasteiger partial charge on any atom is 0.255 e. The van der Waals surface area contributed by atoms with Crippen LogP contribution in [0.15, 0.2) is 59.7 Å². The first kappa shape index (κ1) is 17.3. The molecule has 0 amide bonds. The average Bonchev–Trinajstić information content (AvgIpc) is 2.69. The molecule has 0 saturated heterocycles. The predicted molar refractivity (Wildman–Crippen MR) is 98.5 cm³/mol. The van der Waals surface area contributed by atoms with Crippen LogP contribution in [-0.4, -0.2) is 34.0 Å². The van der Waals surface area contributed by atoms with E-state index >= 15 is 0 Å². The van der Waals surface area contributed by atoms with Crippen LogP contribution in [0.5, 0.6) is 5.75 Å². The Morgan fingerprint density at radius 2 is 1.92 bits per heavy atom. The molecule has 0 radical (unpaired) electrons. The number of ketones is 1. The van der Waals surface area contributed by atoms with Crippen LogP contribution in [0.3, 0.4) is 0 Å². The van der Waals surface area contributed by atoms with Crippen molar-refractivity contribution in [3.05, 3.63) is 70.8 Å². The molecule has 0 aliphatic rings. The van der Waals surface area contributed by atoms with Gasteiger partial charge in [-0.1, -0.05) is 12.1 Å². The highest BCUT2D eigenvalue weighted by Crippen LogP contribution is 2.19.